The van der Waals surface area contributed by atoms with Crippen LogP contribution < -0.4 is 4.74 Å². The van der Waals surface area contributed by atoms with Crippen molar-refractivity contribution in [3.63, 3.8) is 0 Å². The Bertz CT molecular complexity index is 604. The number of sulfone groups is 1. The van der Waals surface area contributed by atoms with Gasteiger partial charge in [0.15, 0.2) is 9.84 Å². The first-order valence-corrected chi connectivity index (χ1v) is 8.70. The molecule has 0 amide bonds. The lowest BCUT2D eigenvalue weighted by Crippen LogP contribution is -2.30. The van der Waals surface area contributed by atoms with E-state index >= 15 is 0 Å². The minimum atomic E-state index is -3.12. The molecule has 1 aliphatic heterocycles. The predicted molar refractivity (Wildman–Crippen MR) is 78.9 cm³/mol. The molecule has 0 radical (unpaired) electrons. The molecular weight excluding hydrogens is 290 g/mol. The van der Waals surface area contributed by atoms with Crippen molar-refractivity contribution in [1.82, 2.24) is 0 Å². The van der Waals surface area contributed by atoms with Gasteiger partial charge in [0.05, 0.1) is 35.3 Å². The van der Waals surface area contributed by atoms with E-state index in [0.717, 1.165) is 0 Å². The number of nitriles is 1. The van der Waals surface area contributed by atoms with Gasteiger partial charge >= 0.3 is 0 Å². The number of benzene rings is 1. The van der Waals surface area contributed by atoms with Gasteiger partial charge in [-0.3, -0.25) is 0 Å². The molecule has 5 nitrogen and oxygen atoms in total. The molecule has 1 heterocycles. The summed E-state index contributed by atoms with van der Waals surface area (Å²) < 4.78 is 35.1. The van der Waals surface area contributed by atoms with Crippen molar-refractivity contribution in [2.45, 2.75) is 31.1 Å². The monoisotopic (exact) mass is 309 g/mol. The van der Waals surface area contributed by atoms with Gasteiger partial charge < -0.3 is 9.47 Å². The van der Waals surface area contributed by atoms with Crippen molar-refractivity contribution < 1.29 is 17.9 Å². The van der Waals surface area contributed by atoms with Crippen molar-refractivity contribution in [1.29, 1.82) is 5.26 Å². The number of rotatable bonds is 6. The molecule has 21 heavy (non-hydrogen) atoms. The summed E-state index contributed by atoms with van der Waals surface area (Å²) in [5, 5.41) is 8.31. The van der Waals surface area contributed by atoms with Gasteiger partial charge in [0.2, 0.25) is 0 Å². The van der Waals surface area contributed by atoms with E-state index < -0.39 is 9.84 Å². The van der Waals surface area contributed by atoms with Gasteiger partial charge in [-0.25, -0.2) is 8.42 Å². The largest absolute Gasteiger partial charge is 0.494 e. The van der Waals surface area contributed by atoms with E-state index in [-0.39, 0.29) is 17.1 Å². The van der Waals surface area contributed by atoms with Crippen molar-refractivity contribution in [3.8, 4) is 11.8 Å². The summed E-state index contributed by atoms with van der Waals surface area (Å²) in [7, 11) is -3.12. The summed E-state index contributed by atoms with van der Waals surface area (Å²) in [5.41, 5.74) is 0.570. The molecular formula is C15H19NO4S. The molecule has 0 aliphatic carbocycles. The van der Waals surface area contributed by atoms with Crippen LogP contribution in [0.3, 0.4) is 0 Å². The van der Waals surface area contributed by atoms with Gasteiger partial charge in [-0.05, 0) is 44.0 Å². The quantitative estimate of drug-likeness (QED) is 0.750. The van der Waals surface area contributed by atoms with Gasteiger partial charge in [0.25, 0.3) is 0 Å². The lowest BCUT2D eigenvalue weighted by atomic mass is 10.2. The highest BCUT2D eigenvalue weighted by Gasteiger charge is 2.35. The molecule has 0 aromatic heterocycles. The summed E-state index contributed by atoms with van der Waals surface area (Å²) >= 11 is 0. The maximum atomic E-state index is 12.2. The van der Waals surface area contributed by atoms with E-state index in [0.29, 0.717) is 37.4 Å². The summed E-state index contributed by atoms with van der Waals surface area (Å²) in [6.07, 6.45) is 0.820. The SMILES string of the molecule is CC1OCCC1S(=O)(=O)CCCOc1ccc(C#N)cc1. The predicted octanol–water partition coefficient (Wildman–Crippen LogP) is 1.92. The molecule has 2 unspecified atom stereocenters. The van der Waals surface area contributed by atoms with E-state index in [1.54, 1.807) is 24.3 Å². The van der Waals surface area contributed by atoms with Gasteiger partial charge in [-0.2, -0.15) is 5.26 Å². The van der Waals surface area contributed by atoms with Gasteiger partial charge in [-0.1, -0.05) is 0 Å². The molecule has 0 bridgehead atoms. The molecule has 114 valence electrons. The van der Waals surface area contributed by atoms with Gasteiger partial charge in [0, 0.05) is 6.61 Å². The van der Waals surface area contributed by atoms with Crippen LogP contribution in [0.15, 0.2) is 24.3 Å². The molecule has 6 heteroatoms. The molecule has 1 fully saturated rings. The fourth-order valence-corrected chi connectivity index (χ4v) is 4.35. The van der Waals surface area contributed by atoms with Crippen LogP contribution >= 0.6 is 0 Å². The number of nitrogens with zero attached hydrogens (tertiary/aromatic N) is 1. The number of hydrogen-bond donors (Lipinski definition) is 0. The van der Waals surface area contributed by atoms with E-state index in [9.17, 15) is 8.42 Å². The van der Waals surface area contributed by atoms with Crippen LogP contribution in [-0.4, -0.2) is 38.7 Å². The van der Waals surface area contributed by atoms with Crippen LogP contribution in [0, 0.1) is 11.3 Å². The van der Waals surface area contributed by atoms with Crippen LogP contribution in [0.1, 0.15) is 25.3 Å². The maximum absolute atomic E-state index is 12.2. The molecule has 0 N–H and O–H groups in total. The molecule has 0 saturated carbocycles. The third-order valence-corrected chi connectivity index (χ3v) is 5.99. The molecule has 1 aromatic carbocycles. The Kier molecular flexibility index (Phi) is 5.21. The van der Waals surface area contributed by atoms with E-state index in [2.05, 4.69) is 0 Å². The van der Waals surface area contributed by atoms with Crippen LogP contribution in [0.5, 0.6) is 5.75 Å². The lowest BCUT2D eigenvalue weighted by Gasteiger charge is -2.15. The lowest BCUT2D eigenvalue weighted by molar-refractivity contribution is 0.126. The van der Waals surface area contributed by atoms with E-state index in [1.165, 1.54) is 0 Å². The van der Waals surface area contributed by atoms with E-state index in [4.69, 9.17) is 14.7 Å². The number of ether oxygens (including phenoxy) is 2. The highest BCUT2D eigenvalue weighted by Crippen LogP contribution is 2.22. The molecule has 2 atom stereocenters. The second kappa shape index (κ2) is 6.92. The average molecular weight is 309 g/mol. The summed E-state index contributed by atoms with van der Waals surface area (Å²) in [5.74, 6) is 0.755. The molecule has 1 saturated heterocycles. The summed E-state index contributed by atoms with van der Waals surface area (Å²) in [6, 6.07) is 8.79. The van der Waals surface area contributed by atoms with Crippen LogP contribution in [0.4, 0.5) is 0 Å². The zero-order valence-electron chi connectivity index (χ0n) is 12.0. The number of hydrogen-bond acceptors (Lipinski definition) is 5. The van der Waals surface area contributed by atoms with Crippen LogP contribution in [0.25, 0.3) is 0 Å². The second-order valence-electron chi connectivity index (χ2n) is 5.11. The minimum Gasteiger partial charge on any atom is -0.494 e. The van der Waals surface area contributed by atoms with Crippen LogP contribution in [0.2, 0.25) is 0 Å². The normalized spacial score (nSPS) is 21.9. The fraction of sp³-hybridized carbons (Fsp3) is 0.533. The van der Waals surface area contributed by atoms with Crippen molar-refractivity contribution in [2.75, 3.05) is 19.0 Å². The van der Waals surface area contributed by atoms with Gasteiger partial charge in [0.1, 0.15) is 5.75 Å². The average Bonchev–Trinajstić information content (AvgIpc) is 2.91. The Labute approximate surface area is 125 Å². The smallest absolute Gasteiger partial charge is 0.155 e. The molecule has 0 spiro atoms. The third kappa shape index (κ3) is 4.19. The molecule has 1 aromatic rings. The summed E-state index contributed by atoms with van der Waals surface area (Å²) in [4.78, 5) is 0. The first-order valence-electron chi connectivity index (χ1n) is 6.99. The van der Waals surface area contributed by atoms with Crippen molar-refractivity contribution in [3.05, 3.63) is 29.8 Å². The van der Waals surface area contributed by atoms with E-state index in [1.807, 2.05) is 13.0 Å². The second-order valence-corrected chi connectivity index (χ2v) is 7.45. The Morgan fingerprint density at radius 2 is 2.10 bits per heavy atom. The first kappa shape index (κ1) is 15.8. The van der Waals surface area contributed by atoms with Crippen molar-refractivity contribution in [2.24, 2.45) is 0 Å². The Morgan fingerprint density at radius 1 is 1.38 bits per heavy atom. The van der Waals surface area contributed by atoms with Crippen molar-refractivity contribution >= 4 is 9.84 Å². The van der Waals surface area contributed by atoms with Gasteiger partial charge in [-0.15, -0.1) is 0 Å². The highest BCUT2D eigenvalue weighted by atomic mass is 32.2. The zero-order valence-corrected chi connectivity index (χ0v) is 12.8. The third-order valence-electron chi connectivity index (χ3n) is 3.59. The minimum absolute atomic E-state index is 0.113. The summed E-state index contributed by atoms with van der Waals surface area (Å²) in [6.45, 7) is 2.67. The first-order chi connectivity index (χ1) is 10.0. The fourth-order valence-electron chi connectivity index (χ4n) is 2.41. The molecule has 2 rings (SSSR count). The molecule has 1 aliphatic rings. The Hall–Kier alpha value is -1.58. The van der Waals surface area contributed by atoms with Crippen LogP contribution in [-0.2, 0) is 14.6 Å². The standard InChI is InChI=1S/C15H19NO4S/c1-12-15(7-9-19-12)21(17,18)10-2-8-20-14-5-3-13(11-16)4-6-14/h3-6,12,15H,2,7-10H2,1H3. The zero-order chi connectivity index (χ0) is 15.3. The highest BCUT2D eigenvalue weighted by molar-refractivity contribution is 7.92. The Morgan fingerprint density at radius 3 is 2.67 bits per heavy atom. The maximum Gasteiger partial charge on any atom is 0.155 e. The topological polar surface area (TPSA) is 76.4 Å². The Balaban J connectivity index is 1.77.